The summed E-state index contributed by atoms with van der Waals surface area (Å²) in [6, 6.07) is 1.08. The number of aromatic nitrogens is 2. The Labute approximate surface area is 93.3 Å². The number of aromatic amines is 1. The van der Waals surface area contributed by atoms with Gasteiger partial charge in [-0.3, -0.25) is 4.79 Å². The maximum absolute atomic E-state index is 11.1. The second-order valence-electron chi connectivity index (χ2n) is 3.89. The average Bonchev–Trinajstić information content (AvgIpc) is 2.27. The number of H-pyrrole nitrogens is 1. The third kappa shape index (κ3) is 3.04. The van der Waals surface area contributed by atoms with Crippen LogP contribution in [-0.2, 0) is 6.42 Å². The lowest BCUT2D eigenvalue weighted by Crippen LogP contribution is -2.44. The van der Waals surface area contributed by atoms with E-state index in [0.717, 1.165) is 38.8 Å². The van der Waals surface area contributed by atoms with Gasteiger partial charge in [0.05, 0.1) is 6.07 Å². The van der Waals surface area contributed by atoms with Gasteiger partial charge in [0, 0.05) is 39.1 Å². The Hall–Kier alpha value is -1.40. The third-order valence-electron chi connectivity index (χ3n) is 2.65. The molecule has 0 radical (unpaired) electrons. The molecule has 1 aliphatic heterocycles. The van der Waals surface area contributed by atoms with Crippen molar-refractivity contribution in [1.82, 2.24) is 20.2 Å². The molecule has 1 aliphatic rings. The fourth-order valence-electron chi connectivity index (χ4n) is 1.81. The molecule has 1 aromatic heterocycles. The second-order valence-corrected chi connectivity index (χ2v) is 3.89. The molecule has 2 heterocycles. The molecule has 1 saturated heterocycles. The van der Waals surface area contributed by atoms with Crippen molar-refractivity contribution in [2.75, 3.05) is 32.7 Å². The van der Waals surface area contributed by atoms with E-state index < -0.39 is 0 Å². The van der Waals surface area contributed by atoms with Crippen LogP contribution in [-0.4, -0.2) is 52.7 Å². The lowest BCUT2D eigenvalue weighted by atomic mass is 10.3. The fraction of sp³-hybridized carbons (Fsp3) is 0.600. The molecule has 0 amide bonds. The van der Waals surface area contributed by atoms with Crippen molar-refractivity contribution in [3.8, 4) is 5.88 Å². The number of nitrogens with one attached hydrogen (secondary N) is 2. The molecule has 0 spiro atoms. The summed E-state index contributed by atoms with van der Waals surface area (Å²) in [6.45, 7) is 4.90. The molecule has 2 rings (SSSR count). The predicted octanol–water partition coefficient (Wildman–Crippen LogP) is -1.08. The van der Waals surface area contributed by atoms with Crippen LogP contribution in [0.2, 0.25) is 0 Å². The minimum absolute atomic E-state index is 0.209. The van der Waals surface area contributed by atoms with Gasteiger partial charge in [-0.1, -0.05) is 0 Å². The van der Waals surface area contributed by atoms with Gasteiger partial charge in [0.15, 0.2) is 0 Å². The minimum Gasteiger partial charge on any atom is -0.493 e. The Morgan fingerprint density at radius 3 is 2.88 bits per heavy atom. The zero-order valence-electron chi connectivity index (χ0n) is 9.07. The summed E-state index contributed by atoms with van der Waals surface area (Å²) in [5, 5.41) is 12.5. The van der Waals surface area contributed by atoms with Crippen molar-refractivity contribution in [3.63, 3.8) is 0 Å². The van der Waals surface area contributed by atoms with Gasteiger partial charge in [-0.25, -0.2) is 4.98 Å². The van der Waals surface area contributed by atoms with Gasteiger partial charge in [0.2, 0.25) is 5.88 Å². The molecule has 88 valence electrons. The third-order valence-corrected chi connectivity index (χ3v) is 2.65. The molecule has 1 fully saturated rings. The van der Waals surface area contributed by atoms with E-state index in [2.05, 4.69) is 20.2 Å². The molecule has 0 unspecified atom stereocenters. The van der Waals surface area contributed by atoms with Crippen LogP contribution >= 0.6 is 0 Å². The highest BCUT2D eigenvalue weighted by Crippen LogP contribution is 2.00. The fourth-order valence-corrected chi connectivity index (χ4v) is 1.81. The van der Waals surface area contributed by atoms with Crippen LogP contribution in [0.4, 0.5) is 0 Å². The van der Waals surface area contributed by atoms with Crippen LogP contribution < -0.4 is 10.9 Å². The van der Waals surface area contributed by atoms with Crippen molar-refractivity contribution in [2.24, 2.45) is 0 Å². The van der Waals surface area contributed by atoms with Crippen LogP contribution in [0, 0.1) is 0 Å². The first-order chi connectivity index (χ1) is 7.74. The van der Waals surface area contributed by atoms with E-state index in [1.807, 2.05) is 0 Å². The number of nitrogens with zero attached hydrogens (tertiary/aromatic N) is 2. The Kier molecular flexibility index (Phi) is 3.53. The zero-order valence-corrected chi connectivity index (χ0v) is 9.07. The molecule has 3 N–H and O–H groups in total. The molecule has 1 aromatic rings. The van der Waals surface area contributed by atoms with Crippen molar-refractivity contribution in [1.29, 1.82) is 0 Å². The van der Waals surface area contributed by atoms with E-state index in [0.29, 0.717) is 12.2 Å². The molecular formula is C10H16N4O2. The number of hydrogen-bond acceptors (Lipinski definition) is 5. The maximum atomic E-state index is 11.1. The SMILES string of the molecule is O=c1cc(O)nc(CCN2CCNCC2)[nH]1. The quantitative estimate of drug-likeness (QED) is 0.608. The van der Waals surface area contributed by atoms with Gasteiger partial charge in [-0.2, -0.15) is 0 Å². The van der Waals surface area contributed by atoms with E-state index in [1.165, 1.54) is 0 Å². The smallest absolute Gasteiger partial charge is 0.254 e. The van der Waals surface area contributed by atoms with Crippen LogP contribution in [0.25, 0.3) is 0 Å². The predicted molar refractivity (Wildman–Crippen MR) is 59.5 cm³/mol. The topological polar surface area (TPSA) is 81.2 Å². The van der Waals surface area contributed by atoms with E-state index in [1.54, 1.807) is 0 Å². The van der Waals surface area contributed by atoms with Crippen LogP contribution in [0.15, 0.2) is 10.9 Å². The summed E-state index contributed by atoms with van der Waals surface area (Å²) < 4.78 is 0. The lowest BCUT2D eigenvalue weighted by molar-refractivity contribution is 0.242. The number of piperazine rings is 1. The second kappa shape index (κ2) is 5.09. The normalized spacial score (nSPS) is 17.5. The molecule has 16 heavy (non-hydrogen) atoms. The van der Waals surface area contributed by atoms with Gasteiger partial charge in [0.1, 0.15) is 5.82 Å². The Balaban J connectivity index is 1.90. The van der Waals surface area contributed by atoms with Crippen molar-refractivity contribution in [3.05, 3.63) is 22.2 Å². The molecule has 0 bridgehead atoms. The summed E-state index contributed by atoms with van der Waals surface area (Å²) in [7, 11) is 0. The highest BCUT2D eigenvalue weighted by atomic mass is 16.3. The molecule has 0 saturated carbocycles. The van der Waals surface area contributed by atoms with Crippen molar-refractivity contribution >= 4 is 0 Å². The number of hydrogen-bond donors (Lipinski definition) is 3. The zero-order chi connectivity index (χ0) is 11.4. The molecular weight excluding hydrogens is 208 g/mol. The van der Waals surface area contributed by atoms with Gasteiger partial charge in [-0.05, 0) is 0 Å². The van der Waals surface area contributed by atoms with E-state index >= 15 is 0 Å². The first kappa shape index (κ1) is 11.1. The molecule has 6 heteroatoms. The van der Waals surface area contributed by atoms with E-state index in [9.17, 15) is 9.90 Å². The molecule has 0 atom stereocenters. The Bertz CT molecular complexity index is 398. The van der Waals surface area contributed by atoms with Gasteiger partial charge < -0.3 is 20.3 Å². The lowest BCUT2D eigenvalue weighted by Gasteiger charge is -2.26. The van der Waals surface area contributed by atoms with Crippen LogP contribution in [0.5, 0.6) is 5.88 Å². The highest BCUT2D eigenvalue weighted by molar-refractivity contribution is 5.06. The minimum atomic E-state index is -0.303. The standard InChI is InChI=1S/C10H16N4O2/c15-9-7-10(16)13-8(12-9)1-4-14-5-2-11-3-6-14/h7,11H,1-6H2,(H2,12,13,15,16). The summed E-state index contributed by atoms with van der Waals surface area (Å²) in [5.74, 6) is 0.336. The molecule has 0 aliphatic carbocycles. The van der Waals surface area contributed by atoms with Gasteiger partial charge in [-0.15, -0.1) is 0 Å². The Morgan fingerprint density at radius 1 is 1.44 bits per heavy atom. The first-order valence-corrected chi connectivity index (χ1v) is 5.46. The summed E-state index contributed by atoms with van der Waals surface area (Å²) in [6.07, 6.45) is 0.656. The maximum Gasteiger partial charge on any atom is 0.254 e. The number of rotatable bonds is 3. The monoisotopic (exact) mass is 224 g/mol. The number of aromatic hydroxyl groups is 1. The summed E-state index contributed by atoms with van der Waals surface area (Å²) in [4.78, 5) is 19.9. The first-order valence-electron chi connectivity index (χ1n) is 5.46. The molecule has 6 nitrogen and oxygen atoms in total. The van der Waals surface area contributed by atoms with Gasteiger partial charge in [0.25, 0.3) is 5.56 Å². The average molecular weight is 224 g/mol. The van der Waals surface area contributed by atoms with Crippen LogP contribution in [0.1, 0.15) is 5.82 Å². The van der Waals surface area contributed by atoms with Gasteiger partial charge >= 0.3 is 0 Å². The molecule has 0 aromatic carbocycles. The largest absolute Gasteiger partial charge is 0.493 e. The summed E-state index contributed by atoms with van der Waals surface area (Å²) in [5.41, 5.74) is -0.303. The van der Waals surface area contributed by atoms with Crippen molar-refractivity contribution < 1.29 is 5.11 Å². The summed E-state index contributed by atoms with van der Waals surface area (Å²) >= 11 is 0. The van der Waals surface area contributed by atoms with E-state index in [4.69, 9.17) is 0 Å². The van der Waals surface area contributed by atoms with E-state index in [-0.39, 0.29) is 11.4 Å². The highest BCUT2D eigenvalue weighted by Gasteiger charge is 2.09. The van der Waals surface area contributed by atoms with Crippen molar-refractivity contribution in [2.45, 2.75) is 6.42 Å². The Morgan fingerprint density at radius 2 is 2.19 bits per heavy atom. The van der Waals surface area contributed by atoms with Crippen LogP contribution in [0.3, 0.4) is 0 Å².